The number of aryl methyl sites for hydroxylation is 1. The summed E-state index contributed by atoms with van der Waals surface area (Å²) in [5.41, 5.74) is 4.35. The third-order valence-corrected chi connectivity index (χ3v) is 2.96. The maximum absolute atomic E-state index is 11.3. The highest BCUT2D eigenvalue weighted by atomic mass is 16.1. The normalized spacial score (nSPS) is 10.2. The summed E-state index contributed by atoms with van der Waals surface area (Å²) in [4.78, 5) is 11.3. The van der Waals surface area contributed by atoms with Crippen molar-refractivity contribution in [1.29, 1.82) is 0 Å². The Kier molecular flexibility index (Phi) is 3.38. The van der Waals surface area contributed by atoms with Gasteiger partial charge in [-0.3, -0.25) is 4.79 Å². The van der Waals surface area contributed by atoms with Crippen molar-refractivity contribution in [3.05, 3.63) is 59.7 Å². The summed E-state index contributed by atoms with van der Waals surface area (Å²) in [5.74, 6) is 0.108. The maximum Gasteiger partial charge on any atom is 0.159 e. The minimum Gasteiger partial charge on any atom is -0.295 e. The maximum atomic E-state index is 11.3. The molecule has 0 aromatic heterocycles. The molecule has 0 amide bonds. The average molecular weight is 224 g/mol. The van der Waals surface area contributed by atoms with Crippen LogP contribution in [0.4, 0.5) is 0 Å². The molecule has 0 aliphatic carbocycles. The van der Waals surface area contributed by atoms with Crippen LogP contribution in [0.2, 0.25) is 0 Å². The van der Waals surface area contributed by atoms with Gasteiger partial charge in [0.05, 0.1) is 0 Å². The van der Waals surface area contributed by atoms with Gasteiger partial charge in [0.25, 0.3) is 0 Å². The molecule has 0 saturated heterocycles. The van der Waals surface area contributed by atoms with E-state index in [-0.39, 0.29) is 5.78 Å². The zero-order valence-corrected chi connectivity index (χ0v) is 10.2. The molecule has 2 aromatic rings. The first-order chi connectivity index (χ1) is 8.20. The number of ketones is 1. The Hall–Kier alpha value is -1.89. The molecular formula is C16H16O. The van der Waals surface area contributed by atoms with Gasteiger partial charge < -0.3 is 0 Å². The average Bonchev–Trinajstić information content (AvgIpc) is 2.39. The Bertz CT molecular complexity index is 523. The Labute approximate surface area is 102 Å². The molecule has 0 unspecified atom stereocenters. The van der Waals surface area contributed by atoms with Crippen LogP contribution in [0.3, 0.4) is 0 Å². The molecular weight excluding hydrogens is 208 g/mol. The van der Waals surface area contributed by atoms with Crippen molar-refractivity contribution in [1.82, 2.24) is 0 Å². The smallest absolute Gasteiger partial charge is 0.159 e. The summed E-state index contributed by atoms with van der Waals surface area (Å²) in [6.07, 6.45) is 1.05. The number of carbonyl (C=O) groups excluding carboxylic acids is 1. The molecule has 86 valence electrons. The van der Waals surface area contributed by atoms with Gasteiger partial charge in [0.15, 0.2) is 5.78 Å². The van der Waals surface area contributed by atoms with Crippen LogP contribution in [0.5, 0.6) is 0 Å². The predicted molar refractivity (Wildman–Crippen MR) is 71.3 cm³/mol. The number of Topliss-reactive ketones (excluding diaryl/α,β-unsaturated/α-hetero) is 1. The van der Waals surface area contributed by atoms with Gasteiger partial charge in [-0.25, -0.2) is 0 Å². The molecule has 0 bridgehead atoms. The third kappa shape index (κ3) is 2.62. The van der Waals surface area contributed by atoms with Crippen LogP contribution in [0.1, 0.15) is 29.8 Å². The van der Waals surface area contributed by atoms with E-state index in [1.807, 2.05) is 24.3 Å². The number of rotatable bonds is 3. The van der Waals surface area contributed by atoms with E-state index in [4.69, 9.17) is 0 Å². The Morgan fingerprint density at radius 2 is 1.71 bits per heavy atom. The van der Waals surface area contributed by atoms with Crippen LogP contribution < -0.4 is 0 Å². The van der Waals surface area contributed by atoms with Crippen LogP contribution >= 0.6 is 0 Å². The molecule has 0 N–H and O–H groups in total. The standard InChI is InChI=1S/C16H16O/c1-3-13-7-9-14(10-8-13)16-6-4-5-15(11-16)12(2)17/h4-11H,3H2,1-2H3. The van der Waals surface area contributed by atoms with E-state index < -0.39 is 0 Å². The molecule has 2 rings (SSSR count). The summed E-state index contributed by atoms with van der Waals surface area (Å²) < 4.78 is 0. The summed E-state index contributed by atoms with van der Waals surface area (Å²) in [6.45, 7) is 3.74. The molecule has 0 fully saturated rings. The van der Waals surface area contributed by atoms with Gasteiger partial charge in [-0.15, -0.1) is 0 Å². The third-order valence-electron chi connectivity index (χ3n) is 2.96. The number of hydrogen-bond donors (Lipinski definition) is 0. The van der Waals surface area contributed by atoms with Crippen molar-refractivity contribution >= 4 is 5.78 Å². The van der Waals surface area contributed by atoms with Gasteiger partial charge in [-0.1, -0.05) is 49.4 Å². The molecule has 17 heavy (non-hydrogen) atoms. The lowest BCUT2D eigenvalue weighted by Crippen LogP contribution is -1.91. The fraction of sp³-hybridized carbons (Fsp3) is 0.188. The van der Waals surface area contributed by atoms with Crippen LogP contribution in [0, 0.1) is 0 Å². The highest BCUT2D eigenvalue weighted by Crippen LogP contribution is 2.21. The van der Waals surface area contributed by atoms with Crippen molar-refractivity contribution < 1.29 is 4.79 Å². The zero-order chi connectivity index (χ0) is 12.3. The molecule has 1 heteroatoms. The number of benzene rings is 2. The van der Waals surface area contributed by atoms with Gasteiger partial charge in [0.2, 0.25) is 0 Å². The summed E-state index contributed by atoms with van der Waals surface area (Å²) >= 11 is 0. The minimum absolute atomic E-state index is 0.108. The van der Waals surface area contributed by atoms with E-state index in [2.05, 4.69) is 31.2 Å². The molecule has 0 spiro atoms. The van der Waals surface area contributed by atoms with Gasteiger partial charge in [-0.05, 0) is 36.1 Å². The molecule has 0 aliphatic rings. The second kappa shape index (κ2) is 4.96. The van der Waals surface area contributed by atoms with Crippen molar-refractivity contribution in [2.24, 2.45) is 0 Å². The molecule has 0 heterocycles. The molecule has 0 saturated carbocycles. The van der Waals surface area contributed by atoms with Gasteiger partial charge >= 0.3 is 0 Å². The number of hydrogen-bond acceptors (Lipinski definition) is 1. The second-order valence-corrected chi connectivity index (χ2v) is 4.19. The Morgan fingerprint density at radius 3 is 2.29 bits per heavy atom. The van der Waals surface area contributed by atoms with Crippen molar-refractivity contribution in [2.75, 3.05) is 0 Å². The lowest BCUT2D eigenvalue weighted by Gasteiger charge is -2.04. The van der Waals surface area contributed by atoms with Crippen LogP contribution in [-0.4, -0.2) is 5.78 Å². The van der Waals surface area contributed by atoms with E-state index in [0.29, 0.717) is 0 Å². The summed E-state index contributed by atoms with van der Waals surface area (Å²) in [5, 5.41) is 0. The molecule has 0 radical (unpaired) electrons. The van der Waals surface area contributed by atoms with Crippen LogP contribution in [0.25, 0.3) is 11.1 Å². The summed E-state index contributed by atoms with van der Waals surface area (Å²) in [6, 6.07) is 16.3. The molecule has 0 aliphatic heterocycles. The molecule has 2 aromatic carbocycles. The Morgan fingerprint density at radius 1 is 1.00 bits per heavy atom. The fourth-order valence-corrected chi connectivity index (χ4v) is 1.85. The van der Waals surface area contributed by atoms with E-state index in [0.717, 1.165) is 23.1 Å². The Balaban J connectivity index is 2.38. The summed E-state index contributed by atoms with van der Waals surface area (Å²) in [7, 11) is 0. The van der Waals surface area contributed by atoms with Gasteiger partial charge in [0, 0.05) is 5.56 Å². The van der Waals surface area contributed by atoms with Crippen molar-refractivity contribution in [3.63, 3.8) is 0 Å². The monoisotopic (exact) mass is 224 g/mol. The van der Waals surface area contributed by atoms with E-state index in [1.165, 1.54) is 5.56 Å². The largest absolute Gasteiger partial charge is 0.295 e. The second-order valence-electron chi connectivity index (χ2n) is 4.19. The first-order valence-corrected chi connectivity index (χ1v) is 5.91. The molecule has 1 nitrogen and oxygen atoms in total. The lowest BCUT2D eigenvalue weighted by atomic mass is 10.0. The van der Waals surface area contributed by atoms with Crippen LogP contribution in [0.15, 0.2) is 48.5 Å². The topological polar surface area (TPSA) is 17.1 Å². The first kappa shape index (κ1) is 11.6. The zero-order valence-electron chi connectivity index (χ0n) is 10.2. The minimum atomic E-state index is 0.108. The van der Waals surface area contributed by atoms with Crippen molar-refractivity contribution in [2.45, 2.75) is 20.3 Å². The fourth-order valence-electron chi connectivity index (χ4n) is 1.85. The van der Waals surface area contributed by atoms with E-state index in [1.54, 1.807) is 6.92 Å². The highest BCUT2D eigenvalue weighted by Gasteiger charge is 2.02. The highest BCUT2D eigenvalue weighted by molar-refractivity contribution is 5.95. The van der Waals surface area contributed by atoms with E-state index >= 15 is 0 Å². The van der Waals surface area contributed by atoms with Gasteiger partial charge in [-0.2, -0.15) is 0 Å². The first-order valence-electron chi connectivity index (χ1n) is 5.91. The van der Waals surface area contributed by atoms with Crippen molar-refractivity contribution in [3.8, 4) is 11.1 Å². The van der Waals surface area contributed by atoms with E-state index in [9.17, 15) is 4.79 Å². The lowest BCUT2D eigenvalue weighted by molar-refractivity contribution is 0.101. The predicted octanol–water partition coefficient (Wildman–Crippen LogP) is 4.12. The molecule has 0 atom stereocenters. The number of carbonyl (C=O) groups is 1. The van der Waals surface area contributed by atoms with Gasteiger partial charge in [0.1, 0.15) is 0 Å². The SMILES string of the molecule is CCc1ccc(-c2cccc(C(C)=O)c2)cc1. The van der Waals surface area contributed by atoms with Crippen LogP contribution in [-0.2, 0) is 6.42 Å². The quantitative estimate of drug-likeness (QED) is 0.717.